The van der Waals surface area contributed by atoms with Gasteiger partial charge in [0.15, 0.2) is 5.41 Å². The zero-order valence-electron chi connectivity index (χ0n) is 51.7. The molecule has 83 heavy (non-hydrogen) atoms. The quantitative estimate of drug-likeness (QED) is 0.0212. The second kappa shape index (κ2) is 43.2. The largest absolute Gasteiger partial charge is 0.497 e. The number of benzene rings is 3. The Morgan fingerprint density at radius 3 is 1.54 bits per heavy atom. The van der Waals surface area contributed by atoms with Gasteiger partial charge in [0.1, 0.15) is 54.1 Å². The van der Waals surface area contributed by atoms with Crippen molar-refractivity contribution in [3.8, 4) is 11.5 Å². The van der Waals surface area contributed by atoms with Crippen LogP contribution in [0.4, 0.5) is 0 Å². The fraction of sp³-hybridized carbons (Fsp3) is 0.667. The van der Waals surface area contributed by atoms with E-state index < -0.39 is 72.6 Å². The van der Waals surface area contributed by atoms with E-state index in [1.54, 1.807) is 20.3 Å². The summed E-state index contributed by atoms with van der Waals surface area (Å²) in [6, 6.07) is 23.7. The van der Waals surface area contributed by atoms with Gasteiger partial charge >= 0.3 is 11.9 Å². The minimum atomic E-state index is -1.84. The summed E-state index contributed by atoms with van der Waals surface area (Å²) in [6.07, 6.45) is 31.2. The van der Waals surface area contributed by atoms with Crippen molar-refractivity contribution >= 4 is 29.6 Å². The van der Waals surface area contributed by atoms with Gasteiger partial charge in [0.2, 0.25) is 5.91 Å². The van der Waals surface area contributed by atoms with E-state index >= 15 is 0 Å². The number of thioether (sulfide) groups is 1. The molecule has 0 aliphatic carbocycles. The number of carbonyl (C=O) groups is 3. The monoisotopic (exact) mass is 1170 g/mol. The van der Waals surface area contributed by atoms with Crippen molar-refractivity contribution in [2.24, 2.45) is 5.41 Å². The second-order valence-electron chi connectivity index (χ2n) is 23.1. The van der Waals surface area contributed by atoms with Crippen LogP contribution in [0.5, 0.6) is 11.5 Å². The number of aliphatic hydroxyl groups is 2. The van der Waals surface area contributed by atoms with Crippen LogP contribution in [0.25, 0.3) is 0 Å². The Hall–Kier alpha value is -4.44. The lowest BCUT2D eigenvalue weighted by molar-refractivity contribution is -0.240. The molecule has 0 radical (unpaired) electrons. The maximum atomic E-state index is 14.2. The highest BCUT2D eigenvalue weighted by molar-refractivity contribution is 7.99. The molecular formula is C69H107NO12S. The van der Waals surface area contributed by atoms with Crippen LogP contribution >= 0.6 is 11.8 Å². The Morgan fingerprint density at radius 1 is 0.614 bits per heavy atom. The topological polar surface area (TPSA) is 168 Å². The molecule has 0 unspecified atom stereocenters. The van der Waals surface area contributed by atoms with E-state index in [1.165, 1.54) is 148 Å². The molecule has 1 aliphatic rings. The molecule has 0 saturated carbocycles. The summed E-state index contributed by atoms with van der Waals surface area (Å²) in [7, 11) is 3.21. The molecule has 7 atom stereocenters. The summed E-state index contributed by atoms with van der Waals surface area (Å²) in [6.45, 7) is 6.72. The van der Waals surface area contributed by atoms with Gasteiger partial charge in [-0.3, -0.25) is 14.4 Å². The number of methoxy groups -OCH3 is 2. The van der Waals surface area contributed by atoms with E-state index in [-0.39, 0.29) is 19.1 Å². The van der Waals surface area contributed by atoms with E-state index in [0.29, 0.717) is 17.9 Å². The molecule has 0 aromatic heterocycles. The van der Waals surface area contributed by atoms with Crippen LogP contribution in [0.1, 0.15) is 219 Å². The van der Waals surface area contributed by atoms with Gasteiger partial charge < -0.3 is 48.7 Å². The lowest BCUT2D eigenvalue weighted by Gasteiger charge is -2.44. The van der Waals surface area contributed by atoms with Crippen molar-refractivity contribution in [3.63, 3.8) is 0 Å². The molecule has 1 saturated heterocycles. The molecular weight excluding hydrogens is 1070 g/mol. The third kappa shape index (κ3) is 28.5. The Balaban J connectivity index is 1.40. The average molecular weight is 1170 g/mol. The third-order valence-corrected chi connectivity index (χ3v) is 16.9. The lowest BCUT2D eigenvalue weighted by Crippen LogP contribution is -2.59. The maximum absolute atomic E-state index is 14.2. The van der Waals surface area contributed by atoms with Gasteiger partial charge in [-0.05, 0) is 86.7 Å². The number of carbonyl (C=O) groups excluding carboxylic acids is 3. The molecule has 13 nitrogen and oxygen atoms in total. The van der Waals surface area contributed by atoms with E-state index in [1.807, 2.05) is 84.9 Å². The number of allylic oxidation sites excluding steroid dienone is 1. The smallest absolute Gasteiger partial charge is 0.323 e. The van der Waals surface area contributed by atoms with E-state index in [9.17, 15) is 24.6 Å². The molecule has 14 heteroatoms. The second-order valence-corrected chi connectivity index (χ2v) is 24.3. The normalized spacial score (nSPS) is 18.0. The van der Waals surface area contributed by atoms with Gasteiger partial charge in [-0.15, -0.1) is 0 Å². The number of unbranched alkanes of at least 4 members (excludes halogenated alkanes) is 25. The van der Waals surface area contributed by atoms with Gasteiger partial charge in [0.05, 0.1) is 40.1 Å². The first-order valence-corrected chi connectivity index (χ1v) is 32.8. The SMILES string of the molecule is CCCCCCCCCCCCC/C=C/[C@@H](OC(=O)C(C)(C)C(=O)OC[C@H]1O[C@@H](Sc2ccccc2)[C@H](OCc2ccc(OC)cc2)[C@@H](OCc2ccc(OC)cc2)[C@@H]1O)[C@H](CO)NC(=O)CCCCCCCCCCCCCCCCC. The summed E-state index contributed by atoms with van der Waals surface area (Å²) < 4.78 is 42.5. The minimum Gasteiger partial charge on any atom is -0.497 e. The van der Waals surface area contributed by atoms with Gasteiger partial charge in [-0.25, -0.2) is 0 Å². The van der Waals surface area contributed by atoms with Crippen LogP contribution in [0.3, 0.4) is 0 Å². The number of ether oxygens (including phenoxy) is 7. The predicted octanol–water partition coefficient (Wildman–Crippen LogP) is 15.5. The van der Waals surface area contributed by atoms with Crippen molar-refractivity contribution in [1.29, 1.82) is 0 Å². The van der Waals surface area contributed by atoms with Crippen molar-refractivity contribution in [2.75, 3.05) is 27.4 Å². The number of hydrogen-bond donors (Lipinski definition) is 3. The zero-order chi connectivity index (χ0) is 59.8. The minimum absolute atomic E-state index is 0.117. The molecule has 0 spiro atoms. The summed E-state index contributed by atoms with van der Waals surface area (Å²) in [5, 5.41) is 25.8. The van der Waals surface area contributed by atoms with Crippen LogP contribution in [0, 0.1) is 5.41 Å². The van der Waals surface area contributed by atoms with E-state index in [2.05, 4.69) is 19.2 Å². The van der Waals surface area contributed by atoms with Crippen LogP contribution in [0.2, 0.25) is 0 Å². The molecule has 1 fully saturated rings. The van der Waals surface area contributed by atoms with E-state index in [4.69, 9.17) is 33.2 Å². The number of rotatable bonds is 47. The zero-order valence-corrected chi connectivity index (χ0v) is 52.5. The molecule has 3 aromatic carbocycles. The number of hydrogen-bond acceptors (Lipinski definition) is 13. The molecule has 3 aromatic rings. The highest BCUT2D eigenvalue weighted by Gasteiger charge is 2.49. The Morgan fingerprint density at radius 2 is 1.07 bits per heavy atom. The Kier molecular flexibility index (Phi) is 37.0. The van der Waals surface area contributed by atoms with Crippen LogP contribution in [-0.2, 0) is 51.3 Å². The van der Waals surface area contributed by atoms with Crippen molar-refractivity contribution in [1.82, 2.24) is 5.32 Å². The van der Waals surface area contributed by atoms with Gasteiger partial charge in [0, 0.05) is 11.3 Å². The van der Waals surface area contributed by atoms with E-state index in [0.717, 1.165) is 67.4 Å². The number of nitrogens with one attached hydrogen (secondary N) is 1. The highest BCUT2D eigenvalue weighted by atomic mass is 32.2. The van der Waals surface area contributed by atoms with Gasteiger partial charge in [0.25, 0.3) is 0 Å². The Labute approximate surface area is 504 Å². The summed E-state index contributed by atoms with van der Waals surface area (Å²) in [5.41, 5.74) is -0.886. The molecule has 3 N–H and O–H groups in total. The molecule has 1 heterocycles. The predicted molar refractivity (Wildman–Crippen MR) is 334 cm³/mol. The van der Waals surface area contributed by atoms with Gasteiger partial charge in [-0.2, -0.15) is 0 Å². The molecule has 0 bridgehead atoms. The van der Waals surface area contributed by atoms with Crippen LogP contribution < -0.4 is 14.8 Å². The fourth-order valence-electron chi connectivity index (χ4n) is 10.2. The number of aliphatic hydroxyl groups excluding tert-OH is 2. The Bertz CT molecular complexity index is 2170. The first-order valence-electron chi connectivity index (χ1n) is 31.9. The van der Waals surface area contributed by atoms with Crippen molar-refractivity contribution < 1.29 is 57.8 Å². The number of esters is 2. The molecule has 466 valence electrons. The summed E-state index contributed by atoms with van der Waals surface area (Å²) in [5.74, 6) is -0.627. The fourth-order valence-corrected chi connectivity index (χ4v) is 11.4. The molecule has 1 aliphatic heterocycles. The highest BCUT2D eigenvalue weighted by Crippen LogP contribution is 2.38. The molecule has 4 rings (SSSR count). The first kappa shape index (κ1) is 71.0. The van der Waals surface area contributed by atoms with Crippen LogP contribution in [0.15, 0.2) is 95.9 Å². The van der Waals surface area contributed by atoms with Crippen molar-refractivity contribution in [2.45, 2.75) is 268 Å². The molecule has 1 amide bonds. The summed E-state index contributed by atoms with van der Waals surface area (Å²) in [4.78, 5) is 42.7. The lowest BCUT2D eigenvalue weighted by atomic mass is 9.93. The van der Waals surface area contributed by atoms with Crippen molar-refractivity contribution in [3.05, 3.63) is 102 Å². The average Bonchev–Trinajstić information content (AvgIpc) is 3.70. The maximum Gasteiger partial charge on any atom is 0.323 e. The standard InChI is InChI=1S/C69H107NO12S/c1-7-9-11-13-15-17-19-21-22-24-26-28-30-32-37-41-62(72)70-59(50-71)60(40-36-31-29-27-25-23-20-18-16-14-12-10-8-2)82-68(75)69(3,4)67(74)80-53-61-63(73)64(78-51-54-42-46-56(76-5)47-43-54)65(66(81-61)83-58-38-34-33-35-39-58)79-52-55-44-48-57(77-6)49-45-55/h33-36,38-40,42-49,59-61,63-66,71,73H,7-32,37,41,50-53H2,1-6H3,(H,70,72)/b40-36+/t59-,60+,61+,63+,64-,65+,66-/m0/s1. The van der Waals surface area contributed by atoms with Gasteiger partial charge in [-0.1, -0.05) is 228 Å². The van der Waals surface area contributed by atoms with Crippen LogP contribution in [-0.4, -0.2) is 97.5 Å². The first-order chi connectivity index (χ1) is 40.4. The number of amides is 1. The summed E-state index contributed by atoms with van der Waals surface area (Å²) >= 11 is 1.39. The third-order valence-electron chi connectivity index (χ3n) is 15.7.